The fraction of sp³-hybridized carbons (Fsp3) is 0.500. The number of H-pyrrole nitrogens is 1. The minimum atomic E-state index is 1.17. The van der Waals surface area contributed by atoms with E-state index < -0.39 is 0 Å². The van der Waals surface area contributed by atoms with E-state index in [0.29, 0.717) is 0 Å². The first kappa shape index (κ1) is 13.5. The summed E-state index contributed by atoms with van der Waals surface area (Å²) in [5.74, 6) is 0. The Morgan fingerprint density at radius 1 is 1.42 bits per heavy atom. The third-order valence-electron chi connectivity index (χ3n) is 0.635. The fourth-order valence-corrected chi connectivity index (χ4v) is 0.315. The average molecular weight is 168 g/mol. The van der Waals surface area contributed by atoms with Gasteiger partial charge >= 0.3 is 0 Å². The molecule has 0 aliphatic rings. The molecule has 0 aliphatic heterocycles. The second-order valence-corrected chi connectivity index (χ2v) is 2.48. The Balaban J connectivity index is 0. The second kappa shape index (κ2) is 9.95. The summed E-state index contributed by atoms with van der Waals surface area (Å²) in [6, 6.07) is 0. The lowest BCUT2D eigenvalue weighted by Gasteiger charge is -1.65. The van der Waals surface area contributed by atoms with Gasteiger partial charge in [-0.3, -0.25) is 5.10 Å². The second-order valence-electron chi connectivity index (χ2n) is 2.48. The molecule has 70 valence electrons. The molecule has 0 radical (unpaired) electrons. The van der Waals surface area contributed by atoms with Gasteiger partial charge in [-0.2, -0.15) is 5.10 Å². The Kier molecular flexibility index (Phi) is 11.2. The van der Waals surface area contributed by atoms with Crippen molar-refractivity contribution in [3.8, 4) is 0 Å². The molecule has 1 aromatic heterocycles. The topological polar surface area (TPSA) is 28.7 Å². The van der Waals surface area contributed by atoms with Gasteiger partial charge < -0.3 is 0 Å². The van der Waals surface area contributed by atoms with Crippen LogP contribution < -0.4 is 0 Å². The van der Waals surface area contributed by atoms with Gasteiger partial charge in [-0.25, -0.2) is 0 Å². The highest BCUT2D eigenvalue weighted by Gasteiger charge is 1.74. The van der Waals surface area contributed by atoms with Crippen LogP contribution >= 0.6 is 0 Å². The number of hydrogen-bond donors (Lipinski definition) is 1. The number of rotatable bonds is 0. The molecule has 12 heavy (non-hydrogen) atoms. The smallest absolute Gasteiger partial charge is 0.0516 e. The van der Waals surface area contributed by atoms with Gasteiger partial charge in [0.1, 0.15) is 0 Å². The van der Waals surface area contributed by atoms with Crippen LogP contribution in [0, 0.1) is 6.92 Å². The van der Waals surface area contributed by atoms with Gasteiger partial charge in [-0.05, 0) is 26.3 Å². The zero-order valence-electron chi connectivity index (χ0n) is 8.81. The summed E-state index contributed by atoms with van der Waals surface area (Å²) in [6.45, 7) is 13.5. The first-order valence-corrected chi connectivity index (χ1v) is 4.20. The highest BCUT2D eigenvalue weighted by molar-refractivity contribution is 4.96. The molecule has 0 saturated carbocycles. The average Bonchev–Trinajstić information content (AvgIpc) is 2.43. The van der Waals surface area contributed by atoms with Crippen molar-refractivity contribution in [3.63, 3.8) is 0 Å². The molecule has 0 atom stereocenters. The molecular formula is C10H20N2. The summed E-state index contributed by atoms with van der Waals surface area (Å²) >= 11 is 0. The van der Waals surface area contributed by atoms with Gasteiger partial charge in [0.05, 0.1) is 6.20 Å². The highest BCUT2D eigenvalue weighted by atomic mass is 15.1. The van der Waals surface area contributed by atoms with Gasteiger partial charge in [-0.1, -0.05) is 19.4 Å². The predicted molar refractivity (Wildman–Crippen MR) is 55.2 cm³/mol. The standard InChI is InChI=1S/C4H6N2.C4H8.C2H6/c1-4-2-5-6-3-4;1-4(2)3;1-2/h2-3H,1H3,(H,5,6);1H2,2-3H3;1-2H3. The van der Waals surface area contributed by atoms with E-state index in [1.807, 2.05) is 40.8 Å². The van der Waals surface area contributed by atoms with E-state index in [1.165, 1.54) is 11.1 Å². The summed E-state index contributed by atoms with van der Waals surface area (Å²) in [5, 5.41) is 6.38. The maximum Gasteiger partial charge on any atom is 0.0516 e. The van der Waals surface area contributed by atoms with Crippen molar-refractivity contribution in [3.05, 3.63) is 30.1 Å². The zero-order chi connectivity index (χ0) is 9.98. The third kappa shape index (κ3) is 16.0. The third-order valence-corrected chi connectivity index (χ3v) is 0.635. The molecule has 1 rings (SSSR count). The van der Waals surface area contributed by atoms with Gasteiger partial charge in [0, 0.05) is 6.20 Å². The maximum absolute atomic E-state index is 3.70. The summed E-state index contributed by atoms with van der Waals surface area (Å²) in [5.41, 5.74) is 2.34. The number of allylic oxidation sites excluding steroid dienone is 1. The van der Waals surface area contributed by atoms with Crippen LogP contribution in [-0.4, -0.2) is 10.2 Å². The minimum absolute atomic E-state index is 1.17. The molecule has 0 spiro atoms. The lowest BCUT2D eigenvalue weighted by atomic mass is 10.4. The van der Waals surface area contributed by atoms with Gasteiger partial charge in [0.15, 0.2) is 0 Å². The van der Waals surface area contributed by atoms with E-state index in [1.54, 1.807) is 6.20 Å². The fourth-order valence-electron chi connectivity index (χ4n) is 0.315. The van der Waals surface area contributed by atoms with E-state index >= 15 is 0 Å². The monoisotopic (exact) mass is 168 g/mol. The van der Waals surface area contributed by atoms with Crippen molar-refractivity contribution >= 4 is 0 Å². The van der Waals surface area contributed by atoms with E-state index in [2.05, 4.69) is 16.8 Å². The molecule has 2 heteroatoms. The van der Waals surface area contributed by atoms with Gasteiger partial charge in [0.2, 0.25) is 0 Å². The lowest BCUT2D eigenvalue weighted by Crippen LogP contribution is -1.53. The molecule has 0 saturated heterocycles. The Morgan fingerprint density at radius 2 is 1.83 bits per heavy atom. The summed E-state index contributed by atoms with van der Waals surface area (Å²) in [7, 11) is 0. The molecular weight excluding hydrogens is 148 g/mol. The summed E-state index contributed by atoms with van der Waals surface area (Å²) in [4.78, 5) is 0. The van der Waals surface area contributed by atoms with E-state index in [0.717, 1.165) is 0 Å². The van der Waals surface area contributed by atoms with Crippen molar-refractivity contribution in [2.45, 2.75) is 34.6 Å². The Bertz CT molecular complexity index is 172. The highest BCUT2D eigenvalue weighted by Crippen LogP contribution is 1.84. The van der Waals surface area contributed by atoms with Crippen LogP contribution in [0.3, 0.4) is 0 Å². The SMILES string of the molecule is C=C(C)C.CC.Cc1cn[nH]c1. The zero-order valence-corrected chi connectivity index (χ0v) is 8.81. The van der Waals surface area contributed by atoms with E-state index in [9.17, 15) is 0 Å². The van der Waals surface area contributed by atoms with E-state index in [-0.39, 0.29) is 0 Å². The molecule has 0 bridgehead atoms. The maximum atomic E-state index is 3.70. The number of nitrogens with one attached hydrogen (secondary N) is 1. The summed E-state index contributed by atoms with van der Waals surface area (Å²) in [6.07, 6.45) is 3.62. The first-order valence-electron chi connectivity index (χ1n) is 4.20. The number of aromatic nitrogens is 2. The van der Waals surface area contributed by atoms with Crippen molar-refractivity contribution in [1.29, 1.82) is 0 Å². The number of hydrogen-bond acceptors (Lipinski definition) is 1. The number of nitrogens with zero attached hydrogens (tertiary/aromatic N) is 1. The molecule has 0 aromatic carbocycles. The van der Waals surface area contributed by atoms with Crippen LogP contribution in [0.2, 0.25) is 0 Å². The van der Waals surface area contributed by atoms with Crippen molar-refractivity contribution in [2.75, 3.05) is 0 Å². The van der Waals surface area contributed by atoms with Gasteiger partial charge in [0.25, 0.3) is 0 Å². The van der Waals surface area contributed by atoms with E-state index in [4.69, 9.17) is 0 Å². The lowest BCUT2D eigenvalue weighted by molar-refractivity contribution is 1.09. The molecule has 1 aromatic rings. The molecule has 0 amide bonds. The van der Waals surface area contributed by atoms with Crippen LogP contribution in [0.25, 0.3) is 0 Å². The van der Waals surface area contributed by atoms with Crippen LogP contribution in [-0.2, 0) is 0 Å². The Morgan fingerprint density at radius 3 is 1.92 bits per heavy atom. The largest absolute Gasteiger partial charge is 0.285 e. The number of aryl methyl sites for hydroxylation is 1. The molecule has 0 fully saturated rings. The Hall–Kier alpha value is -1.05. The van der Waals surface area contributed by atoms with Crippen LogP contribution in [0.1, 0.15) is 33.3 Å². The molecule has 0 aliphatic carbocycles. The van der Waals surface area contributed by atoms with Gasteiger partial charge in [-0.15, -0.1) is 6.58 Å². The molecule has 1 heterocycles. The van der Waals surface area contributed by atoms with Crippen LogP contribution in [0.15, 0.2) is 24.5 Å². The quantitative estimate of drug-likeness (QED) is 0.591. The van der Waals surface area contributed by atoms with Crippen molar-refractivity contribution < 1.29 is 0 Å². The van der Waals surface area contributed by atoms with Crippen LogP contribution in [0.5, 0.6) is 0 Å². The van der Waals surface area contributed by atoms with Crippen molar-refractivity contribution in [2.24, 2.45) is 0 Å². The molecule has 0 unspecified atom stereocenters. The Labute approximate surface area is 75.7 Å². The summed E-state index contributed by atoms with van der Waals surface area (Å²) < 4.78 is 0. The van der Waals surface area contributed by atoms with Crippen LogP contribution in [0.4, 0.5) is 0 Å². The first-order chi connectivity index (χ1) is 5.63. The molecule has 1 N–H and O–H groups in total. The predicted octanol–water partition coefficient (Wildman–Crippen LogP) is 3.33. The minimum Gasteiger partial charge on any atom is -0.285 e. The normalized spacial score (nSPS) is 7.08. The number of aromatic amines is 1. The molecule has 2 nitrogen and oxygen atoms in total. The van der Waals surface area contributed by atoms with Crippen molar-refractivity contribution in [1.82, 2.24) is 10.2 Å².